The molecule has 1 aromatic rings. The van der Waals surface area contributed by atoms with Crippen molar-refractivity contribution in [3.63, 3.8) is 0 Å². The number of benzene rings is 1. The van der Waals surface area contributed by atoms with Gasteiger partial charge in [0.2, 0.25) is 5.91 Å². The molecule has 1 saturated carbocycles. The molecule has 2 aliphatic rings. The Bertz CT molecular complexity index is 520. The number of hydrogen-bond acceptors (Lipinski definition) is 3. The molecule has 1 saturated heterocycles. The first-order valence-electron chi connectivity index (χ1n) is 9.47. The van der Waals surface area contributed by atoms with Crippen molar-refractivity contribution in [1.29, 1.82) is 0 Å². The zero-order valence-corrected chi connectivity index (χ0v) is 15.7. The van der Waals surface area contributed by atoms with Crippen LogP contribution in [0.2, 0.25) is 0 Å². The summed E-state index contributed by atoms with van der Waals surface area (Å²) in [6, 6.07) is 10.4. The van der Waals surface area contributed by atoms with Crippen LogP contribution in [0.5, 0.6) is 0 Å². The summed E-state index contributed by atoms with van der Waals surface area (Å²) in [4.78, 5) is 12.7. The van der Waals surface area contributed by atoms with Gasteiger partial charge < -0.3 is 15.8 Å². The quantitative estimate of drug-likeness (QED) is 0.806. The summed E-state index contributed by atoms with van der Waals surface area (Å²) in [6.45, 7) is 0.494. The molecule has 25 heavy (non-hydrogen) atoms. The van der Waals surface area contributed by atoms with Crippen LogP contribution >= 0.6 is 12.4 Å². The summed E-state index contributed by atoms with van der Waals surface area (Å²) in [5.41, 5.74) is 6.85. The van der Waals surface area contributed by atoms with Gasteiger partial charge in [0, 0.05) is 6.54 Å². The van der Waals surface area contributed by atoms with Gasteiger partial charge in [-0.05, 0) is 30.7 Å². The molecular formula is C20H31ClN2O2. The zero-order chi connectivity index (χ0) is 16.8. The van der Waals surface area contributed by atoms with Crippen molar-refractivity contribution in [2.24, 2.45) is 11.7 Å². The maximum Gasteiger partial charge on any atom is 0.249 e. The molecular weight excluding hydrogens is 336 g/mol. The van der Waals surface area contributed by atoms with Gasteiger partial charge in [0.05, 0.1) is 12.1 Å². The number of hydrogen-bond donors (Lipinski definition) is 2. The minimum Gasteiger partial charge on any atom is -0.364 e. The Kier molecular flexibility index (Phi) is 8.20. The maximum absolute atomic E-state index is 12.7. The Morgan fingerprint density at radius 3 is 2.48 bits per heavy atom. The Hall–Kier alpha value is -1.10. The second-order valence-corrected chi connectivity index (χ2v) is 7.27. The Labute approximate surface area is 157 Å². The lowest BCUT2D eigenvalue weighted by atomic mass is 9.83. The topological polar surface area (TPSA) is 64.4 Å². The van der Waals surface area contributed by atoms with E-state index in [-0.39, 0.29) is 36.6 Å². The molecule has 1 aliphatic heterocycles. The predicted molar refractivity (Wildman–Crippen MR) is 103 cm³/mol. The van der Waals surface area contributed by atoms with E-state index in [1.165, 1.54) is 37.7 Å². The van der Waals surface area contributed by atoms with E-state index in [4.69, 9.17) is 10.5 Å². The van der Waals surface area contributed by atoms with E-state index in [2.05, 4.69) is 17.4 Å². The first-order valence-corrected chi connectivity index (χ1v) is 9.47. The second-order valence-electron chi connectivity index (χ2n) is 7.27. The SMILES string of the molecule is Cl.NC[C@H]1CC[C@@H](C(=O)NC(CC2CCCCC2)c2ccccc2)O1. The van der Waals surface area contributed by atoms with Gasteiger partial charge in [-0.1, -0.05) is 62.4 Å². The molecule has 0 spiro atoms. The van der Waals surface area contributed by atoms with E-state index in [1.54, 1.807) is 0 Å². The van der Waals surface area contributed by atoms with Crippen LogP contribution in [0.4, 0.5) is 0 Å². The molecule has 3 N–H and O–H groups in total. The normalized spacial score (nSPS) is 25.2. The fourth-order valence-electron chi connectivity index (χ4n) is 4.06. The number of amides is 1. The minimum absolute atomic E-state index is 0. The third kappa shape index (κ3) is 5.70. The summed E-state index contributed by atoms with van der Waals surface area (Å²) in [5, 5.41) is 3.26. The largest absolute Gasteiger partial charge is 0.364 e. The fourth-order valence-corrected chi connectivity index (χ4v) is 4.06. The molecule has 3 rings (SSSR count). The van der Waals surface area contributed by atoms with E-state index in [0.29, 0.717) is 12.5 Å². The predicted octanol–water partition coefficient (Wildman–Crippen LogP) is 3.74. The first kappa shape index (κ1) is 20.2. The van der Waals surface area contributed by atoms with E-state index >= 15 is 0 Å². The van der Waals surface area contributed by atoms with Gasteiger partial charge in [0.1, 0.15) is 6.10 Å². The van der Waals surface area contributed by atoms with Crippen molar-refractivity contribution < 1.29 is 9.53 Å². The van der Waals surface area contributed by atoms with Gasteiger partial charge in [-0.2, -0.15) is 0 Å². The average Bonchev–Trinajstić information content (AvgIpc) is 3.12. The van der Waals surface area contributed by atoms with E-state index in [9.17, 15) is 4.79 Å². The smallest absolute Gasteiger partial charge is 0.249 e. The molecule has 1 aliphatic carbocycles. The molecule has 0 radical (unpaired) electrons. The summed E-state index contributed by atoms with van der Waals surface area (Å²) in [5.74, 6) is 0.737. The monoisotopic (exact) mass is 366 g/mol. The van der Waals surface area contributed by atoms with Crippen molar-refractivity contribution in [3.8, 4) is 0 Å². The van der Waals surface area contributed by atoms with Crippen molar-refractivity contribution in [1.82, 2.24) is 5.32 Å². The maximum atomic E-state index is 12.7. The van der Waals surface area contributed by atoms with Gasteiger partial charge in [0.15, 0.2) is 0 Å². The highest BCUT2D eigenvalue weighted by Gasteiger charge is 2.31. The van der Waals surface area contributed by atoms with Gasteiger partial charge in [0.25, 0.3) is 0 Å². The molecule has 0 bridgehead atoms. The summed E-state index contributed by atoms with van der Waals surface area (Å²) < 4.78 is 5.76. The van der Waals surface area contributed by atoms with Crippen molar-refractivity contribution in [3.05, 3.63) is 35.9 Å². The lowest BCUT2D eigenvalue weighted by molar-refractivity contribution is -0.132. The Morgan fingerprint density at radius 1 is 1.12 bits per heavy atom. The van der Waals surface area contributed by atoms with Crippen molar-refractivity contribution in [2.75, 3.05) is 6.54 Å². The van der Waals surface area contributed by atoms with Crippen LogP contribution in [0.25, 0.3) is 0 Å². The van der Waals surface area contributed by atoms with Crippen molar-refractivity contribution in [2.45, 2.75) is 69.6 Å². The van der Waals surface area contributed by atoms with Crippen LogP contribution in [0, 0.1) is 5.92 Å². The molecule has 0 aromatic heterocycles. The number of nitrogens with one attached hydrogen (secondary N) is 1. The van der Waals surface area contributed by atoms with Gasteiger partial charge in [-0.15, -0.1) is 12.4 Å². The molecule has 1 unspecified atom stereocenters. The van der Waals surface area contributed by atoms with Crippen LogP contribution in [0.15, 0.2) is 30.3 Å². The molecule has 5 heteroatoms. The molecule has 2 fully saturated rings. The lowest BCUT2D eigenvalue weighted by Gasteiger charge is -2.28. The number of halogens is 1. The lowest BCUT2D eigenvalue weighted by Crippen LogP contribution is -2.38. The highest BCUT2D eigenvalue weighted by Crippen LogP contribution is 2.32. The molecule has 1 heterocycles. The number of rotatable bonds is 6. The summed E-state index contributed by atoms with van der Waals surface area (Å²) >= 11 is 0. The van der Waals surface area contributed by atoms with Crippen LogP contribution in [0.1, 0.15) is 63.0 Å². The van der Waals surface area contributed by atoms with Gasteiger partial charge in [-0.25, -0.2) is 0 Å². The highest BCUT2D eigenvalue weighted by atomic mass is 35.5. The Balaban J connectivity index is 0.00000225. The average molecular weight is 367 g/mol. The second kappa shape index (κ2) is 10.1. The number of nitrogens with two attached hydrogens (primary N) is 1. The molecule has 1 amide bonds. The van der Waals surface area contributed by atoms with Gasteiger partial charge >= 0.3 is 0 Å². The first-order chi connectivity index (χ1) is 11.8. The molecule has 3 atom stereocenters. The van der Waals surface area contributed by atoms with Crippen LogP contribution < -0.4 is 11.1 Å². The molecule has 1 aromatic carbocycles. The summed E-state index contributed by atoms with van der Waals surface area (Å²) in [7, 11) is 0. The minimum atomic E-state index is -0.337. The highest BCUT2D eigenvalue weighted by molar-refractivity contribution is 5.85. The molecule has 140 valence electrons. The fraction of sp³-hybridized carbons (Fsp3) is 0.650. The number of carbonyl (C=O) groups excluding carboxylic acids is 1. The summed E-state index contributed by atoms with van der Waals surface area (Å²) in [6.07, 6.45) is 8.96. The number of ether oxygens (including phenoxy) is 1. The third-order valence-corrected chi connectivity index (χ3v) is 5.48. The van der Waals surface area contributed by atoms with Crippen LogP contribution in [-0.2, 0) is 9.53 Å². The van der Waals surface area contributed by atoms with E-state index < -0.39 is 0 Å². The number of carbonyl (C=O) groups is 1. The third-order valence-electron chi connectivity index (χ3n) is 5.48. The zero-order valence-electron chi connectivity index (χ0n) is 14.9. The van der Waals surface area contributed by atoms with E-state index in [0.717, 1.165) is 19.3 Å². The van der Waals surface area contributed by atoms with Crippen molar-refractivity contribution >= 4 is 18.3 Å². The van der Waals surface area contributed by atoms with Gasteiger partial charge in [-0.3, -0.25) is 4.79 Å². The Morgan fingerprint density at radius 2 is 1.84 bits per heavy atom. The van der Waals surface area contributed by atoms with Crippen LogP contribution in [-0.4, -0.2) is 24.7 Å². The standard InChI is InChI=1S/C20H30N2O2.ClH/c21-14-17-11-12-19(24-17)20(23)22-18(16-9-5-2-6-10-16)13-15-7-3-1-4-8-15;/h2,5-6,9-10,15,17-19H,1,3-4,7-8,11-14,21H2,(H,22,23);1H/t17-,18?,19+;/m1./s1. The van der Waals surface area contributed by atoms with Crippen LogP contribution in [0.3, 0.4) is 0 Å². The van der Waals surface area contributed by atoms with E-state index in [1.807, 2.05) is 18.2 Å². The molecule has 4 nitrogen and oxygen atoms in total.